The van der Waals surface area contributed by atoms with Crippen molar-refractivity contribution < 1.29 is 29.3 Å². The maximum Gasteiger partial charge on any atom is 0.503 e. The van der Waals surface area contributed by atoms with Crippen molar-refractivity contribution in [3.63, 3.8) is 0 Å². The van der Waals surface area contributed by atoms with Gasteiger partial charge in [-0.3, -0.25) is 0 Å². The second-order valence-electron chi connectivity index (χ2n) is 1.22. The number of carbonyl (C=O) groups is 2. The lowest BCUT2D eigenvalue weighted by atomic mass is 10.8. The van der Waals surface area contributed by atoms with E-state index in [2.05, 4.69) is 6.58 Å². The van der Waals surface area contributed by atoms with E-state index >= 15 is 0 Å². The quantitative estimate of drug-likeness (QED) is 0.533. The molecule has 3 N–H and O–H groups in total. The van der Waals surface area contributed by atoms with E-state index in [-0.39, 0.29) is 0 Å². The van der Waals surface area contributed by atoms with Gasteiger partial charge >= 0.3 is 12.1 Å². The van der Waals surface area contributed by atoms with Crippen LogP contribution in [0.3, 0.4) is 0 Å². The SMILES string of the molecule is C=CC.O=C(O)CF.O=C(O)O. The molecule has 0 atom stereocenters. The first kappa shape index (κ1) is 16.8. The summed E-state index contributed by atoms with van der Waals surface area (Å²) in [7, 11) is 0. The average molecular weight is 182 g/mol. The van der Waals surface area contributed by atoms with E-state index in [1.54, 1.807) is 6.08 Å². The van der Waals surface area contributed by atoms with Crippen molar-refractivity contribution in [2.75, 3.05) is 6.67 Å². The second-order valence-corrected chi connectivity index (χ2v) is 1.22. The van der Waals surface area contributed by atoms with E-state index in [0.29, 0.717) is 0 Å². The minimum atomic E-state index is -1.83. The van der Waals surface area contributed by atoms with Crippen molar-refractivity contribution in [1.29, 1.82) is 0 Å². The van der Waals surface area contributed by atoms with Crippen LogP contribution < -0.4 is 0 Å². The maximum absolute atomic E-state index is 10.5. The molecule has 0 spiro atoms. The zero-order valence-electron chi connectivity index (χ0n) is 6.53. The van der Waals surface area contributed by atoms with Crippen LogP contribution in [0.15, 0.2) is 12.7 Å². The molecule has 0 amide bonds. The predicted molar refractivity (Wildman–Crippen MR) is 40.1 cm³/mol. The maximum atomic E-state index is 10.5. The van der Waals surface area contributed by atoms with Gasteiger partial charge in [0.1, 0.15) is 0 Å². The summed E-state index contributed by atoms with van der Waals surface area (Å²) in [5, 5.41) is 21.3. The molecule has 0 aromatic heterocycles. The summed E-state index contributed by atoms with van der Waals surface area (Å²) in [6.45, 7) is 3.97. The topological polar surface area (TPSA) is 94.8 Å². The van der Waals surface area contributed by atoms with Crippen molar-refractivity contribution in [3.8, 4) is 0 Å². The Kier molecular flexibility index (Phi) is 22.7. The first-order valence-electron chi connectivity index (χ1n) is 2.69. The Labute approximate surface area is 68.8 Å². The first-order valence-corrected chi connectivity index (χ1v) is 2.69. The molecule has 0 radical (unpaired) electrons. The lowest BCUT2D eigenvalue weighted by Crippen LogP contribution is -1.93. The molecule has 72 valence electrons. The van der Waals surface area contributed by atoms with E-state index in [1.165, 1.54) is 0 Å². The van der Waals surface area contributed by atoms with E-state index in [4.69, 9.17) is 24.9 Å². The van der Waals surface area contributed by atoms with Gasteiger partial charge in [0.15, 0.2) is 6.67 Å². The Morgan fingerprint density at radius 3 is 1.50 bits per heavy atom. The number of aliphatic carboxylic acids is 1. The smallest absolute Gasteiger partial charge is 0.479 e. The van der Waals surface area contributed by atoms with Gasteiger partial charge in [-0.15, -0.1) is 6.58 Å². The Morgan fingerprint density at radius 1 is 1.42 bits per heavy atom. The summed E-state index contributed by atoms with van der Waals surface area (Å²) >= 11 is 0. The highest BCUT2D eigenvalue weighted by Crippen LogP contribution is 1.60. The van der Waals surface area contributed by atoms with Crippen LogP contribution in [0.4, 0.5) is 9.18 Å². The zero-order valence-corrected chi connectivity index (χ0v) is 6.53. The van der Waals surface area contributed by atoms with Crippen LogP contribution in [0.2, 0.25) is 0 Å². The Morgan fingerprint density at radius 2 is 1.50 bits per heavy atom. The monoisotopic (exact) mass is 182 g/mol. The number of carboxylic acids is 1. The van der Waals surface area contributed by atoms with Crippen molar-refractivity contribution in [2.45, 2.75) is 6.92 Å². The van der Waals surface area contributed by atoms with Crippen LogP contribution >= 0.6 is 0 Å². The van der Waals surface area contributed by atoms with Crippen molar-refractivity contribution in [2.24, 2.45) is 0 Å². The van der Waals surface area contributed by atoms with E-state index in [9.17, 15) is 4.39 Å². The fraction of sp³-hybridized carbons (Fsp3) is 0.333. The number of carboxylic acid groups (broad SMARTS) is 3. The van der Waals surface area contributed by atoms with Gasteiger partial charge < -0.3 is 15.3 Å². The highest BCUT2D eigenvalue weighted by molar-refractivity contribution is 5.67. The molecule has 0 aliphatic carbocycles. The van der Waals surface area contributed by atoms with Gasteiger partial charge in [0.05, 0.1) is 0 Å². The first-order chi connectivity index (χ1) is 5.42. The summed E-state index contributed by atoms with van der Waals surface area (Å²) in [4.78, 5) is 17.5. The molecule has 0 fully saturated rings. The second kappa shape index (κ2) is 16.2. The van der Waals surface area contributed by atoms with Gasteiger partial charge in [-0.1, -0.05) is 6.08 Å². The summed E-state index contributed by atoms with van der Waals surface area (Å²) in [5.41, 5.74) is 0. The molecule has 5 nitrogen and oxygen atoms in total. The van der Waals surface area contributed by atoms with E-state index < -0.39 is 18.8 Å². The fourth-order valence-corrected chi connectivity index (χ4v) is 0. The Balaban J connectivity index is -0.000000105. The molecule has 12 heavy (non-hydrogen) atoms. The van der Waals surface area contributed by atoms with Crippen molar-refractivity contribution >= 4 is 12.1 Å². The van der Waals surface area contributed by atoms with Crippen molar-refractivity contribution in [3.05, 3.63) is 12.7 Å². The molecule has 0 aromatic carbocycles. The van der Waals surface area contributed by atoms with Gasteiger partial charge in [0, 0.05) is 0 Å². The Hall–Kier alpha value is -1.59. The zero-order chi connectivity index (χ0) is 10.6. The highest BCUT2D eigenvalue weighted by Gasteiger charge is 1.85. The van der Waals surface area contributed by atoms with Crippen LogP contribution in [-0.2, 0) is 4.79 Å². The molecule has 6 heteroatoms. The van der Waals surface area contributed by atoms with Crippen LogP contribution in [0.1, 0.15) is 6.92 Å². The largest absolute Gasteiger partial charge is 0.503 e. The fourth-order valence-electron chi connectivity index (χ4n) is 0. The molecular formula is C6H11FO5. The number of alkyl halides is 1. The van der Waals surface area contributed by atoms with Crippen LogP contribution in [0.25, 0.3) is 0 Å². The molecule has 0 heterocycles. The number of hydrogen-bond acceptors (Lipinski definition) is 2. The summed E-state index contributed by atoms with van der Waals surface area (Å²) < 4.78 is 10.5. The highest BCUT2D eigenvalue weighted by atomic mass is 19.1. The minimum absolute atomic E-state index is 1.28. The standard InChI is InChI=1S/C3H6.C2H3FO2.CH2O3/c1-3-2;3-1-2(4)5;2-1(3)4/h3H,1H2,2H3;1H2,(H,4,5);(H2,2,3,4). The van der Waals surface area contributed by atoms with Gasteiger partial charge in [0.25, 0.3) is 0 Å². The van der Waals surface area contributed by atoms with Crippen LogP contribution in [0.5, 0.6) is 0 Å². The molecule has 0 aliphatic rings. The minimum Gasteiger partial charge on any atom is -0.479 e. The number of rotatable bonds is 1. The lowest BCUT2D eigenvalue weighted by molar-refractivity contribution is -0.137. The summed E-state index contributed by atoms with van der Waals surface area (Å²) in [6, 6.07) is 0. The molecule has 0 aromatic rings. The normalized spacial score (nSPS) is 6.17. The summed E-state index contributed by atoms with van der Waals surface area (Å²) in [5.74, 6) is -1.41. The van der Waals surface area contributed by atoms with E-state index in [0.717, 1.165) is 0 Å². The van der Waals surface area contributed by atoms with Crippen LogP contribution in [-0.4, -0.2) is 34.1 Å². The number of allylic oxidation sites excluding steroid dienone is 1. The summed E-state index contributed by atoms with van der Waals surface area (Å²) in [6.07, 6.45) is -0.0833. The third-order valence-electron chi connectivity index (χ3n) is 0.114. The van der Waals surface area contributed by atoms with Gasteiger partial charge in [0.2, 0.25) is 0 Å². The van der Waals surface area contributed by atoms with Crippen molar-refractivity contribution in [1.82, 2.24) is 0 Å². The third-order valence-corrected chi connectivity index (χ3v) is 0.114. The van der Waals surface area contributed by atoms with Gasteiger partial charge in [-0.25, -0.2) is 14.0 Å². The average Bonchev–Trinajstić information content (AvgIpc) is 1.88. The third kappa shape index (κ3) is 2750. The number of halogens is 1. The molecule has 0 aliphatic heterocycles. The molecule has 0 bridgehead atoms. The molecule has 0 unspecified atom stereocenters. The molecular weight excluding hydrogens is 171 g/mol. The van der Waals surface area contributed by atoms with Crippen LogP contribution in [0, 0.1) is 0 Å². The molecule has 0 saturated carbocycles. The number of hydrogen-bond donors (Lipinski definition) is 3. The lowest BCUT2D eigenvalue weighted by Gasteiger charge is -1.69. The van der Waals surface area contributed by atoms with Gasteiger partial charge in [-0.2, -0.15) is 0 Å². The molecule has 0 rings (SSSR count). The molecule has 0 saturated heterocycles. The van der Waals surface area contributed by atoms with Gasteiger partial charge in [-0.05, 0) is 6.92 Å². The predicted octanol–water partition coefficient (Wildman–Crippen LogP) is 1.46. The Bertz CT molecular complexity index is 130. The van der Waals surface area contributed by atoms with E-state index in [1.807, 2.05) is 6.92 Å².